The van der Waals surface area contributed by atoms with E-state index in [0.717, 1.165) is 34.7 Å². The lowest BCUT2D eigenvalue weighted by atomic mass is 10.0. The van der Waals surface area contributed by atoms with Crippen LogP contribution in [0.2, 0.25) is 0 Å². The molecule has 2 aromatic carbocycles. The Morgan fingerprint density at radius 1 is 1.08 bits per heavy atom. The van der Waals surface area contributed by atoms with E-state index in [1.165, 1.54) is 0 Å². The van der Waals surface area contributed by atoms with Gasteiger partial charge in [0, 0.05) is 18.0 Å². The summed E-state index contributed by atoms with van der Waals surface area (Å²) in [7, 11) is 0. The number of benzene rings is 2. The van der Waals surface area contributed by atoms with Crippen molar-refractivity contribution in [1.29, 1.82) is 0 Å². The molecule has 0 aromatic heterocycles. The van der Waals surface area contributed by atoms with Gasteiger partial charge in [-0.1, -0.05) is 24.3 Å². The summed E-state index contributed by atoms with van der Waals surface area (Å²) in [6.45, 7) is 3.03. The highest BCUT2D eigenvalue weighted by Crippen LogP contribution is 2.30. The normalized spacial score (nSPS) is 15.4. The Hall–Kier alpha value is -1.86. The van der Waals surface area contributed by atoms with Crippen molar-refractivity contribution in [3.8, 4) is 11.1 Å². The van der Waals surface area contributed by atoms with Crippen LogP contribution >= 0.6 is 11.9 Å². The summed E-state index contributed by atoms with van der Waals surface area (Å²) in [5.74, 6) is -0.937. The molecular weight excluding hydrogens is 326 g/mol. The van der Waals surface area contributed by atoms with Crippen molar-refractivity contribution >= 4 is 17.9 Å². The van der Waals surface area contributed by atoms with Gasteiger partial charge in [0.1, 0.15) is 0 Å². The smallest absolute Gasteiger partial charge is 0.335 e. The maximum absolute atomic E-state index is 11.5. The van der Waals surface area contributed by atoms with Crippen LogP contribution in [0.4, 0.5) is 0 Å². The zero-order chi connectivity index (χ0) is 16.9. The number of nitrogens with zero attached hydrogens (tertiary/aromatic N) is 1. The average Bonchev–Trinajstić information content (AvgIpc) is 2.62. The van der Waals surface area contributed by atoms with E-state index in [1.807, 2.05) is 30.3 Å². The highest BCUT2D eigenvalue weighted by molar-refractivity contribution is 7.97. The number of carboxylic acids is 1. The third-order valence-electron chi connectivity index (χ3n) is 3.83. The van der Waals surface area contributed by atoms with Gasteiger partial charge in [0.05, 0.1) is 25.4 Å². The number of carboxylic acid groups (broad SMARTS) is 1. The van der Waals surface area contributed by atoms with E-state index < -0.39 is 5.97 Å². The van der Waals surface area contributed by atoms with Gasteiger partial charge in [-0.3, -0.25) is 0 Å². The molecule has 0 unspecified atom stereocenters. The minimum Gasteiger partial charge on any atom is -0.478 e. The first-order valence-electron chi connectivity index (χ1n) is 7.75. The number of carbonyl (C=O) groups is 1. The largest absolute Gasteiger partial charge is 0.478 e. The Bertz CT molecular complexity index is 711. The van der Waals surface area contributed by atoms with Gasteiger partial charge in [0.2, 0.25) is 0 Å². The van der Waals surface area contributed by atoms with E-state index in [1.54, 1.807) is 24.1 Å². The first kappa shape index (κ1) is 17.0. The molecule has 3 rings (SSSR count). The van der Waals surface area contributed by atoms with E-state index in [-0.39, 0.29) is 12.2 Å². The van der Waals surface area contributed by atoms with E-state index in [9.17, 15) is 9.90 Å². The Morgan fingerprint density at radius 2 is 1.79 bits per heavy atom. The van der Waals surface area contributed by atoms with Crippen LogP contribution in [0.1, 0.15) is 15.9 Å². The van der Waals surface area contributed by atoms with E-state index in [0.29, 0.717) is 13.2 Å². The lowest BCUT2D eigenvalue weighted by molar-refractivity contribution is 0.0696. The van der Waals surface area contributed by atoms with Crippen molar-refractivity contribution in [2.24, 2.45) is 0 Å². The molecule has 0 bridgehead atoms. The zero-order valence-electron chi connectivity index (χ0n) is 13.1. The van der Waals surface area contributed by atoms with Crippen molar-refractivity contribution < 1.29 is 19.7 Å². The maximum Gasteiger partial charge on any atom is 0.335 e. The Kier molecular flexibility index (Phi) is 5.52. The molecule has 2 aromatic rings. The van der Waals surface area contributed by atoms with Crippen LogP contribution in [-0.4, -0.2) is 46.8 Å². The summed E-state index contributed by atoms with van der Waals surface area (Å²) in [4.78, 5) is 12.4. The monoisotopic (exact) mass is 345 g/mol. The number of aliphatic hydroxyl groups excluding tert-OH is 1. The topological polar surface area (TPSA) is 70.0 Å². The Labute approximate surface area is 145 Å². The Morgan fingerprint density at radius 3 is 2.42 bits per heavy atom. The predicted octanol–water partition coefficient (Wildman–Crippen LogP) is 2.88. The molecule has 24 heavy (non-hydrogen) atoms. The first-order chi connectivity index (χ1) is 11.7. The van der Waals surface area contributed by atoms with Crippen molar-refractivity contribution in [2.75, 3.05) is 26.3 Å². The predicted molar refractivity (Wildman–Crippen MR) is 93.0 cm³/mol. The third-order valence-corrected chi connectivity index (χ3v) is 4.90. The molecule has 126 valence electrons. The number of morpholine rings is 1. The molecule has 0 amide bonds. The SMILES string of the molecule is O=C(O)c1cc(SN2CCOCC2)cc(-c2ccc(CO)cc2)c1. The lowest BCUT2D eigenvalue weighted by Gasteiger charge is -2.25. The van der Waals surface area contributed by atoms with Crippen LogP contribution in [0, 0.1) is 0 Å². The van der Waals surface area contributed by atoms with Gasteiger partial charge in [-0.15, -0.1) is 0 Å². The standard InChI is InChI=1S/C18H19NO4S/c20-12-13-1-3-14(4-2-13)15-9-16(18(21)22)11-17(10-15)24-19-5-7-23-8-6-19/h1-4,9-11,20H,5-8,12H2,(H,21,22). The minimum atomic E-state index is -0.937. The Balaban J connectivity index is 1.90. The molecule has 2 N–H and O–H groups in total. The number of aliphatic hydroxyl groups is 1. The van der Waals surface area contributed by atoms with Crippen molar-refractivity contribution in [1.82, 2.24) is 4.31 Å². The van der Waals surface area contributed by atoms with E-state index in [2.05, 4.69) is 4.31 Å². The molecule has 1 saturated heterocycles. The fourth-order valence-electron chi connectivity index (χ4n) is 2.53. The van der Waals surface area contributed by atoms with Gasteiger partial charge >= 0.3 is 5.97 Å². The molecule has 1 heterocycles. The van der Waals surface area contributed by atoms with Gasteiger partial charge in [-0.2, -0.15) is 0 Å². The number of rotatable bonds is 5. The lowest BCUT2D eigenvalue weighted by Crippen LogP contribution is -2.30. The summed E-state index contributed by atoms with van der Waals surface area (Å²) >= 11 is 1.56. The second-order valence-corrected chi connectivity index (χ2v) is 6.71. The molecule has 0 radical (unpaired) electrons. The highest BCUT2D eigenvalue weighted by atomic mass is 32.2. The van der Waals surface area contributed by atoms with Gasteiger partial charge in [-0.05, 0) is 46.8 Å². The molecule has 5 nitrogen and oxygen atoms in total. The van der Waals surface area contributed by atoms with Crippen LogP contribution in [0.25, 0.3) is 11.1 Å². The van der Waals surface area contributed by atoms with Crippen molar-refractivity contribution in [3.63, 3.8) is 0 Å². The van der Waals surface area contributed by atoms with Gasteiger partial charge in [0.25, 0.3) is 0 Å². The molecule has 0 aliphatic carbocycles. The molecular formula is C18H19NO4S. The van der Waals surface area contributed by atoms with E-state index in [4.69, 9.17) is 9.84 Å². The molecule has 0 spiro atoms. The number of hydrogen-bond donors (Lipinski definition) is 2. The summed E-state index contributed by atoms with van der Waals surface area (Å²) in [5.41, 5.74) is 2.89. The van der Waals surface area contributed by atoms with Crippen molar-refractivity contribution in [3.05, 3.63) is 53.6 Å². The van der Waals surface area contributed by atoms with Crippen LogP contribution in [0.3, 0.4) is 0 Å². The molecule has 1 aliphatic heterocycles. The summed E-state index contributed by atoms with van der Waals surface area (Å²) < 4.78 is 7.53. The molecule has 6 heteroatoms. The summed E-state index contributed by atoms with van der Waals surface area (Å²) in [5, 5.41) is 18.5. The van der Waals surface area contributed by atoms with Crippen LogP contribution in [0.5, 0.6) is 0 Å². The van der Waals surface area contributed by atoms with Crippen molar-refractivity contribution in [2.45, 2.75) is 11.5 Å². The summed E-state index contributed by atoms with van der Waals surface area (Å²) in [6, 6.07) is 12.9. The van der Waals surface area contributed by atoms with Gasteiger partial charge in [-0.25, -0.2) is 9.10 Å². The quantitative estimate of drug-likeness (QED) is 0.812. The zero-order valence-corrected chi connectivity index (χ0v) is 14.0. The third kappa shape index (κ3) is 4.15. The maximum atomic E-state index is 11.5. The summed E-state index contributed by atoms with van der Waals surface area (Å²) in [6.07, 6.45) is 0. The number of ether oxygens (including phenoxy) is 1. The number of aromatic carboxylic acids is 1. The highest BCUT2D eigenvalue weighted by Gasteiger charge is 2.15. The second-order valence-electron chi connectivity index (χ2n) is 5.54. The van der Waals surface area contributed by atoms with Gasteiger partial charge in [0.15, 0.2) is 0 Å². The van der Waals surface area contributed by atoms with Crippen LogP contribution in [-0.2, 0) is 11.3 Å². The number of hydrogen-bond acceptors (Lipinski definition) is 5. The fraction of sp³-hybridized carbons (Fsp3) is 0.278. The van der Waals surface area contributed by atoms with Gasteiger partial charge < -0.3 is 14.9 Å². The van der Waals surface area contributed by atoms with E-state index >= 15 is 0 Å². The molecule has 0 atom stereocenters. The molecule has 1 fully saturated rings. The van der Waals surface area contributed by atoms with Crippen LogP contribution < -0.4 is 0 Å². The second kappa shape index (κ2) is 7.81. The fourth-order valence-corrected chi connectivity index (χ4v) is 3.52. The molecule has 1 aliphatic rings. The molecule has 0 saturated carbocycles. The minimum absolute atomic E-state index is 0.00637. The first-order valence-corrected chi connectivity index (χ1v) is 8.52. The average molecular weight is 345 g/mol. The van der Waals surface area contributed by atoms with Crippen LogP contribution in [0.15, 0.2) is 47.4 Å².